The van der Waals surface area contributed by atoms with E-state index in [0.717, 1.165) is 18.7 Å². The highest BCUT2D eigenvalue weighted by Crippen LogP contribution is 2.16. The molecule has 0 heterocycles. The maximum absolute atomic E-state index is 10.6. The number of nitrogens with one attached hydrogen (secondary N) is 1. The Balaban J connectivity index is 2.23. The van der Waals surface area contributed by atoms with Gasteiger partial charge in [0.15, 0.2) is 0 Å². The molecule has 0 saturated heterocycles. The van der Waals surface area contributed by atoms with E-state index in [1.807, 2.05) is 0 Å². The van der Waals surface area contributed by atoms with Gasteiger partial charge in [0.2, 0.25) is 0 Å². The Hall–Kier alpha value is -1.62. The Morgan fingerprint density at radius 1 is 1.39 bits per heavy atom. The number of hydrogen-bond donors (Lipinski definition) is 1. The minimum absolute atomic E-state index is 0.0979. The summed E-state index contributed by atoms with van der Waals surface area (Å²) in [4.78, 5) is 10.2. The van der Waals surface area contributed by atoms with Crippen LogP contribution < -0.4 is 5.32 Å². The van der Waals surface area contributed by atoms with Gasteiger partial charge in [-0.2, -0.15) is 0 Å². The molecule has 0 amide bonds. The van der Waals surface area contributed by atoms with E-state index in [1.54, 1.807) is 12.1 Å². The second-order valence-electron chi connectivity index (χ2n) is 4.53. The normalized spacial score (nSPS) is 10.6. The van der Waals surface area contributed by atoms with Crippen LogP contribution >= 0.6 is 0 Å². The van der Waals surface area contributed by atoms with E-state index in [1.165, 1.54) is 12.1 Å². The predicted molar refractivity (Wildman–Crippen MR) is 71.9 cm³/mol. The summed E-state index contributed by atoms with van der Waals surface area (Å²) in [7, 11) is 0. The molecule has 0 aliphatic heterocycles. The van der Waals surface area contributed by atoms with Crippen molar-refractivity contribution in [3.8, 4) is 0 Å². The van der Waals surface area contributed by atoms with Crippen molar-refractivity contribution in [1.82, 2.24) is 0 Å². The molecule has 1 N–H and O–H groups in total. The molecule has 1 rings (SSSR count). The monoisotopic (exact) mass is 252 g/mol. The summed E-state index contributed by atoms with van der Waals surface area (Å²) in [5.74, 6) is 0.648. The largest absolute Gasteiger partial charge is 0.383 e. The lowest BCUT2D eigenvalue weighted by molar-refractivity contribution is -0.384. The third-order valence-electron chi connectivity index (χ3n) is 2.47. The fraction of sp³-hybridized carbons (Fsp3) is 0.538. The van der Waals surface area contributed by atoms with Crippen LogP contribution in [0.1, 0.15) is 20.3 Å². The molecule has 1 aromatic rings. The number of anilines is 1. The van der Waals surface area contributed by atoms with E-state index in [9.17, 15) is 10.1 Å². The van der Waals surface area contributed by atoms with Crippen molar-refractivity contribution >= 4 is 11.4 Å². The van der Waals surface area contributed by atoms with Crippen LogP contribution in [0, 0.1) is 16.0 Å². The molecule has 0 fully saturated rings. The van der Waals surface area contributed by atoms with Gasteiger partial charge in [-0.15, -0.1) is 0 Å². The Morgan fingerprint density at radius 3 is 2.83 bits per heavy atom. The maximum atomic E-state index is 10.6. The average molecular weight is 252 g/mol. The van der Waals surface area contributed by atoms with Gasteiger partial charge < -0.3 is 10.1 Å². The van der Waals surface area contributed by atoms with Crippen LogP contribution in [0.2, 0.25) is 0 Å². The van der Waals surface area contributed by atoms with E-state index >= 15 is 0 Å². The summed E-state index contributed by atoms with van der Waals surface area (Å²) in [6.07, 6.45) is 1.05. The molecule has 0 saturated carbocycles. The van der Waals surface area contributed by atoms with E-state index in [2.05, 4.69) is 19.2 Å². The predicted octanol–water partition coefficient (Wildman–Crippen LogP) is 3.07. The molecule has 0 radical (unpaired) electrons. The topological polar surface area (TPSA) is 64.4 Å². The number of non-ortho nitro benzene ring substituents is 1. The molecule has 0 aromatic heterocycles. The summed E-state index contributed by atoms with van der Waals surface area (Å²) < 4.78 is 5.45. The van der Waals surface area contributed by atoms with Crippen molar-refractivity contribution in [3.05, 3.63) is 34.4 Å². The highest BCUT2D eigenvalue weighted by atomic mass is 16.6. The summed E-state index contributed by atoms with van der Waals surface area (Å²) in [6.45, 7) is 6.33. The maximum Gasteiger partial charge on any atom is 0.271 e. The van der Waals surface area contributed by atoms with Crippen molar-refractivity contribution in [2.45, 2.75) is 20.3 Å². The lowest BCUT2D eigenvalue weighted by Gasteiger charge is -2.08. The first-order valence-corrected chi connectivity index (χ1v) is 6.15. The Bertz CT molecular complexity index is 380. The van der Waals surface area contributed by atoms with E-state index in [4.69, 9.17) is 4.74 Å². The van der Waals surface area contributed by atoms with E-state index in [-0.39, 0.29) is 5.69 Å². The zero-order chi connectivity index (χ0) is 13.4. The van der Waals surface area contributed by atoms with Gasteiger partial charge in [-0.1, -0.05) is 19.9 Å². The van der Waals surface area contributed by atoms with Crippen LogP contribution in [0.4, 0.5) is 11.4 Å². The number of hydrogen-bond acceptors (Lipinski definition) is 4. The molecule has 0 atom stereocenters. The van der Waals surface area contributed by atoms with Crippen molar-refractivity contribution < 1.29 is 9.66 Å². The fourth-order valence-electron chi connectivity index (χ4n) is 1.42. The summed E-state index contributed by atoms with van der Waals surface area (Å²) in [6, 6.07) is 6.47. The van der Waals surface area contributed by atoms with Crippen LogP contribution in [0.3, 0.4) is 0 Å². The molecular weight excluding hydrogens is 232 g/mol. The van der Waals surface area contributed by atoms with Crippen LogP contribution in [0.5, 0.6) is 0 Å². The average Bonchev–Trinajstić information content (AvgIpc) is 2.33. The van der Waals surface area contributed by atoms with Gasteiger partial charge in [-0.3, -0.25) is 10.1 Å². The van der Waals surface area contributed by atoms with Crippen molar-refractivity contribution in [3.63, 3.8) is 0 Å². The van der Waals surface area contributed by atoms with Gasteiger partial charge in [0.1, 0.15) is 0 Å². The Labute approximate surface area is 107 Å². The smallest absolute Gasteiger partial charge is 0.271 e. The first kappa shape index (κ1) is 14.4. The zero-order valence-electron chi connectivity index (χ0n) is 10.9. The zero-order valence-corrected chi connectivity index (χ0v) is 10.9. The second-order valence-corrected chi connectivity index (χ2v) is 4.53. The molecule has 0 bridgehead atoms. The summed E-state index contributed by atoms with van der Waals surface area (Å²) >= 11 is 0. The van der Waals surface area contributed by atoms with Gasteiger partial charge in [0.05, 0.1) is 11.5 Å². The van der Waals surface area contributed by atoms with Crippen LogP contribution in [0.25, 0.3) is 0 Å². The third kappa shape index (κ3) is 5.63. The molecular formula is C13H20N2O3. The van der Waals surface area contributed by atoms with Crippen LogP contribution in [-0.2, 0) is 4.74 Å². The van der Waals surface area contributed by atoms with Crippen molar-refractivity contribution in [1.29, 1.82) is 0 Å². The SMILES string of the molecule is CC(C)CCOCCNc1cccc([N+](=O)[O-])c1. The number of rotatable bonds is 8. The Kier molecular flexibility index (Phi) is 6.14. The number of nitro groups is 1. The molecule has 100 valence electrons. The third-order valence-corrected chi connectivity index (χ3v) is 2.47. The van der Waals surface area contributed by atoms with Gasteiger partial charge in [-0.05, 0) is 18.4 Å². The van der Waals surface area contributed by atoms with Gasteiger partial charge >= 0.3 is 0 Å². The fourth-order valence-corrected chi connectivity index (χ4v) is 1.42. The lowest BCUT2D eigenvalue weighted by Crippen LogP contribution is -2.10. The highest BCUT2D eigenvalue weighted by Gasteiger charge is 2.04. The van der Waals surface area contributed by atoms with E-state index in [0.29, 0.717) is 19.1 Å². The first-order chi connectivity index (χ1) is 8.59. The van der Waals surface area contributed by atoms with E-state index < -0.39 is 4.92 Å². The number of nitrogens with zero attached hydrogens (tertiary/aromatic N) is 1. The first-order valence-electron chi connectivity index (χ1n) is 6.15. The minimum Gasteiger partial charge on any atom is -0.383 e. The molecule has 18 heavy (non-hydrogen) atoms. The molecule has 0 spiro atoms. The van der Waals surface area contributed by atoms with Gasteiger partial charge in [-0.25, -0.2) is 0 Å². The van der Waals surface area contributed by atoms with Gasteiger partial charge in [0.25, 0.3) is 5.69 Å². The number of ether oxygens (including phenoxy) is 1. The summed E-state index contributed by atoms with van der Waals surface area (Å²) in [5.41, 5.74) is 0.845. The number of nitro benzene ring substituents is 1. The summed E-state index contributed by atoms with van der Waals surface area (Å²) in [5, 5.41) is 13.7. The van der Waals surface area contributed by atoms with Crippen LogP contribution in [-0.4, -0.2) is 24.7 Å². The Morgan fingerprint density at radius 2 is 2.17 bits per heavy atom. The molecule has 0 aliphatic carbocycles. The molecule has 0 unspecified atom stereocenters. The highest BCUT2D eigenvalue weighted by molar-refractivity contribution is 5.50. The lowest BCUT2D eigenvalue weighted by atomic mass is 10.1. The number of benzene rings is 1. The standard InChI is InChI=1S/C13H20N2O3/c1-11(2)6-8-18-9-7-14-12-4-3-5-13(10-12)15(16)17/h3-5,10-11,14H,6-9H2,1-2H3. The van der Waals surface area contributed by atoms with Gasteiger partial charge in [0, 0.05) is 31.0 Å². The van der Waals surface area contributed by atoms with Crippen molar-refractivity contribution in [2.24, 2.45) is 5.92 Å². The quantitative estimate of drug-likeness (QED) is 0.438. The van der Waals surface area contributed by atoms with Crippen molar-refractivity contribution in [2.75, 3.05) is 25.1 Å². The molecule has 1 aromatic carbocycles. The second kappa shape index (κ2) is 7.66. The molecule has 5 nitrogen and oxygen atoms in total. The van der Waals surface area contributed by atoms with Crippen LogP contribution in [0.15, 0.2) is 24.3 Å². The minimum atomic E-state index is -0.398. The molecule has 0 aliphatic rings. The molecule has 5 heteroatoms.